The SMILES string of the molecule is Cc1cccc(C)c1NC(=O)c1conc1CBr. The van der Waals surface area contributed by atoms with Gasteiger partial charge in [-0.1, -0.05) is 39.3 Å². The van der Waals surface area contributed by atoms with E-state index >= 15 is 0 Å². The van der Waals surface area contributed by atoms with Gasteiger partial charge in [0.25, 0.3) is 5.91 Å². The molecule has 1 amide bonds. The Kier molecular flexibility index (Phi) is 3.81. The fourth-order valence-corrected chi connectivity index (χ4v) is 2.14. The van der Waals surface area contributed by atoms with Crippen LogP contribution in [0.15, 0.2) is 29.0 Å². The second-order valence-corrected chi connectivity index (χ2v) is 4.59. The largest absolute Gasteiger partial charge is 0.364 e. The number of carbonyl (C=O) groups excluding carboxylic acids is 1. The van der Waals surface area contributed by atoms with Crippen LogP contribution in [0.5, 0.6) is 0 Å². The van der Waals surface area contributed by atoms with E-state index in [-0.39, 0.29) is 5.91 Å². The van der Waals surface area contributed by atoms with Gasteiger partial charge in [-0.25, -0.2) is 0 Å². The van der Waals surface area contributed by atoms with Gasteiger partial charge >= 0.3 is 0 Å². The predicted octanol–water partition coefficient (Wildman–Crippen LogP) is 3.44. The van der Waals surface area contributed by atoms with Crippen LogP contribution in [0.2, 0.25) is 0 Å². The van der Waals surface area contributed by atoms with Gasteiger partial charge in [-0.15, -0.1) is 0 Å². The summed E-state index contributed by atoms with van der Waals surface area (Å²) in [5.74, 6) is -0.205. The molecule has 0 saturated heterocycles. The summed E-state index contributed by atoms with van der Waals surface area (Å²) in [5, 5.41) is 7.14. The van der Waals surface area contributed by atoms with Gasteiger partial charge in [0.1, 0.15) is 17.5 Å². The van der Waals surface area contributed by atoms with Gasteiger partial charge in [-0.05, 0) is 25.0 Å². The Bertz CT molecular complexity index is 558. The van der Waals surface area contributed by atoms with E-state index in [0.717, 1.165) is 16.8 Å². The number of halogens is 1. The second kappa shape index (κ2) is 5.35. The van der Waals surface area contributed by atoms with E-state index in [1.165, 1.54) is 6.26 Å². The number of alkyl halides is 1. The van der Waals surface area contributed by atoms with Crippen molar-refractivity contribution in [1.82, 2.24) is 5.16 Å². The van der Waals surface area contributed by atoms with E-state index in [1.54, 1.807) is 0 Å². The molecule has 4 nitrogen and oxygen atoms in total. The Morgan fingerprint density at radius 3 is 2.67 bits per heavy atom. The lowest BCUT2D eigenvalue weighted by Gasteiger charge is -2.10. The smallest absolute Gasteiger partial charge is 0.260 e. The predicted molar refractivity (Wildman–Crippen MR) is 73.0 cm³/mol. The molecular formula is C13H13BrN2O2. The molecule has 0 spiro atoms. The van der Waals surface area contributed by atoms with Gasteiger partial charge in [-0.3, -0.25) is 4.79 Å². The van der Waals surface area contributed by atoms with Gasteiger partial charge in [0.2, 0.25) is 0 Å². The van der Waals surface area contributed by atoms with Crippen LogP contribution >= 0.6 is 15.9 Å². The van der Waals surface area contributed by atoms with Gasteiger partial charge in [0.15, 0.2) is 0 Å². The maximum absolute atomic E-state index is 12.1. The Balaban J connectivity index is 2.27. The van der Waals surface area contributed by atoms with Crippen molar-refractivity contribution in [3.05, 3.63) is 46.8 Å². The molecule has 2 aromatic rings. The summed E-state index contributed by atoms with van der Waals surface area (Å²) in [7, 11) is 0. The monoisotopic (exact) mass is 308 g/mol. The number of hydrogen-bond donors (Lipinski definition) is 1. The first-order chi connectivity index (χ1) is 8.63. The van der Waals surface area contributed by atoms with Gasteiger partial charge < -0.3 is 9.84 Å². The lowest BCUT2D eigenvalue weighted by atomic mass is 10.1. The van der Waals surface area contributed by atoms with Crippen molar-refractivity contribution in [2.45, 2.75) is 19.2 Å². The molecule has 1 heterocycles. The van der Waals surface area contributed by atoms with Gasteiger partial charge in [0, 0.05) is 11.0 Å². The van der Waals surface area contributed by atoms with E-state index in [0.29, 0.717) is 16.6 Å². The van der Waals surface area contributed by atoms with E-state index in [1.807, 2.05) is 32.0 Å². The summed E-state index contributed by atoms with van der Waals surface area (Å²) in [6.07, 6.45) is 1.36. The number of nitrogens with zero attached hydrogens (tertiary/aromatic N) is 1. The van der Waals surface area contributed by atoms with Gasteiger partial charge in [0.05, 0.1) is 0 Å². The van der Waals surface area contributed by atoms with Crippen LogP contribution in [-0.4, -0.2) is 11.1 Å². The number of nitrogens with one attached hydrogen (secondary N) is 1. The summed E-state index contributed by atoms with van der Waals surface area (Å²) in [6, 6.07) is 5.88. The number of para-hydroxylation sites is 1. The number of amides is 1. The molecule has 94 valence electrons. The zero-order valence-corrected chi connectivity index (χ0v) is 11.7. The minimum absolute atomic E-state index is 0.205. The Morgan fingerprint density at radius 1 is 1.39 bits per heavy atom. The van der Waals surface area contributed by atoms with Crippen molar-refractivity contribution in [1.29, 1.82) is 0 Å². The van der Waals surface area contributed by atoms with Crippen molar-refractivity contribution in [3.8, 4) is 0 Å². The van der Waals surface area contributed by atoms with E-state index < -0.39 is 0 Å². The summed E-state index contributed by atoms with van der Waals surface area (Å²) in [5.41, 5.74) is 3.94. The van der Waals surface area contributed by atoms with Crippen LogP contribution < -0.4 is 5.32 Å². The van der Waals surface area contributed by atoms with Crippen LogP contribution in [0.1, 0.15) is 27.2 Å². The number of aromatic nitrogens is 1. The molecule has 0 aliphatic heterocycles. The number of hydrogen-bond acceptors (Lipinski definition) is 3. The number of rotatable bonds is 3. The topological polar surface area (TPSA) is 55.1 Å². The quantitative estimate of drug-likeness (QED) is 0.884. The molecule has 0 bridgehead atoms. The zero-order valence-electron chi connectivity index (χ0n) is 10.2. The summed E-state index contributed by atoms with van der Waals surface area (Å²) < 4.78 is 4.82. The normalized spacial score (nSPS) is 10.4. The van der Waals surface area contributed by atoms with Crippen LogP contribution in [-0.2, 0) is 5.33 Å². The number of aryl methyl sites for hydroxylation is 2. The van der Waals surface area contributed by atoms with Crippen molar-refractivity contribution in [2.24, 2.45) is 0 Å². The second-order valence-electron chi connectivity index (χ2n) is 4.03. The third-order valence-electron chi connectivity index (χ3n) is 2.74. The van der Waals surface area contributed by atoms with E-state index in [2.05, 4.69) is 26.4 Å². The molecule has 0 atom stereocenters. The first-order valence-electron chi connectivity index (χ1n) is 5.50. The minimum Gasteiger partial charge on any atom is -0.364 e. The van der Waals surface area contributed by atoms with Crippen molar-refractivity contribution in [2.75, 3.05) is 5.32 Å². The highest BCUT2D eigenvalue weighted by molar-refractivity contribution is 9.08. The van der Waals surface area contributed by atoms with Crippen LogP contribution in [0, 0.1) is 13.8 Å². The molecule has 0 unspecified atom stereocenters. The number of carbonyl (C=O) groups is 1. The van der Waals surface area contributed by atoms with Crippen LogP contribution in [0.3, 0.4) is 0 Å². The van der Waals surface area contributed by atoms with E-state index in [4.69, 9.17) is 4.52 Å². The lowest BCUT2D eigenvalue weighted by Crippen LogP contribution is -2.14. The van der Waals surface area contributed by atoms with Crippen LogP contribution in [0.25, 0.3) is 0 Å². The molecule has 2 rings (SSSR count). The molecule has 1 aromatic carbocycles. The summed E-state index contributed by atoms with van der Waals surface area (Å²) >= 11 is 3.27. The maximum atomic E-state index is 12.1. The first kappa shape index (κ1) is 12.8. The highest BCUT2D eigenvalue weighted by atomic mass is 79.9. The third kappa shape index (κ3) is 2.46. The molecule has 0 saturated carbocycles. The lowest BCUT2D eigenvalue weighted by molar-refractivity contribution is 0.102. The number of benzene rings is 1. The maximum Gasteiger partial charge on any atom is 0.260 e. The Morgan fingerprint density at radius 2 is 2.06 bits per heavy atom. The van der Waals surface area contributed by atoms with Gasteiger partial charge in [-0.2, -0.15) is 0 Å². The summed E-state index contributed by atoms with van der Waals surface area (Å²) in [6.45, 7) is 3.92. The van der Waals surface area contributed by atoms with Crippen molar-refractivity contribution >= 4 is 27.5 Å². The highest BCUT2D eigenvalue weighted by Gasteiger charge is 2.16. The Hall–Kier alpha value is -1.62. The highest BCUT2D eigenvalue weighted by Crippen LogP contribution is 2.21. The van der Waals surface area contributed by atoms with Crippen molar-refractivity contribution in [3.63, 3.8) is 0 Å². The molecule has 18 heavy (non-hydrogen) atoms. The molecule has 0 radical (unpaired) electrons. The molecule has 1 aromatic heterocycles. The molecule has 1 N–H and O–H groups in total. The molecule has 5 heteroatoms. The summed E-state index contributed by atoms with van der Waals surface area (Å²) in [4.78, 5) is 12.1. The molecule has 0 aliphatic rings. The fraction of sp³-hybridized carbons (Fsp3) is 0.231. The average molecular weight is 309 g/mol. The van der Waals surface area contributed by atoms with E-state index in [9.17, 15) is 4.79 Å². The zero-order chi connectivity index (χ0) is 13.1. The average Bonchev–Trinajstić information content (AvgIpc) is 2.82. The van der Waals surface area contributed by atoms with Crippen LogP contribution in [0.4, 0.5) is 5.69 Å². The molecular weight excluding hydrogens is 296 g/mol. The molecule has 0 fully saturated rings. The minimum atomic E-state index is -0.205. The van der Waals surface area contributed by atoms with Crippen molar-refractivity contribution < 1.29 is 9.32 Å². The number of anilines is 1. The first-order valence-corrected chi connectivity index (χ1v) is 6.62. The fourth-order valence-electron chi connectivity index (χ4n) is 1.73. The third-order valence-corrected chi connectivity index (χ3v) is 3.27. The molecule has 0 aliphatic carbocycles. The Labute approximate surface area is 113 Å². The standard InChI is InChI=1S/C13H13BrN2O2/c1-8-4-3-5-9(2)12(8)15-13(17)10-7-18-16-11(10)6-14/h3-5,7H,6H2,1-2H3,(H,15,17).